The van der Waals surface area contributed by atoms with E-state index in [2.05, 4.69) is 17.0 Å². The maximum absolute atomic E-state index is 12.9. The normalized spacial score (nSPS) is 22.1. The highest BCUT2D eigenvalue weighted by molar-refractivity contribution is 6.00. The van der Waals surface area contributed by atoms with Gasteiger partial charge in [-0.25, -0.2) is 0 Å². The largest absolute Gasteiger partial charge is 0.315 e. The van der Waals surface area contributed by atoms with Gasteiger partial charge in [-0.2, -0.15) is 5.26 Å². The number of hydrogen-bond donors (Lipinski definition) is 0. The van der Waals surface area contributed by atoms with E-state index in [4.69, 9.17) is 0 Å². The van der Waals surface area contributed by atoms with Crippen molar-refractivity contribution in [3.05, 3.63) is 34.9 Å². The van der Waals surface area contributed by atoms with Crippen LogP contribution in [0.1, 0.15) is 66.1 Å². The van der Waals surface area contributed by atoms with E-state index in [0.29, 0.717) is 0 Å². The summed E-state index contributed by atoms with van der Waals surface area (Å²) in [6, 6.07) is 8.18. The molecule has 1 amide bonds. The van der Waals surface area contributed by atoms with Crippen molar-refractivity contribution >= 4 is 5.91 Å². The van der Waals surface area contributed by atoms with Crippen molar-refractivity contribution < 1.29 is 4.79 Å². The summed E-state index contributed by atoms with van der Waals surface area (Å²) in [6.45, 7) is 0.822. The fourth-order valence-electron chi connectivity index (χ4n) is 3.95. The monoisotopic (exact) mass is 311 g/mol. The Kier molecular flexibility index (Phi) is 4.68. The van der Waals surface area contributed by atoms with Crippen molar-refractivity contribution in [2.45, 2.75) is 57.2 Å². The van der Waals surface area contributed by atoms with Gasteiger partial charge in [0.2, 0.25) is 0 Å². The molecule has 2 aliphatic rings. The number of carbonyl (C=O) groups excluding carboxylic acids is 1. The fourth-order valence-corrected chi connectivity index (χ4v) is 3.95. The van der Waals surface area contributed by atoms with E-state index in [1.807, 2.05) is 31.1 Å². The molecule has 0 aromatic heterocycles. The predicted molar refractivity (Wildman–Crippen MR) is 89.8 cm³/mol. The molecular weight excluding hydrogens is 286 g/mol. The SMILES string of the molecule is CN(C)Cc1ccc2c(c1)C(C#N)N(C1CCCCCC1)C2=O. The average Bonchev–Trinajstić information content (AvgIpc) is 2.70. The lowest BCUT2D eigenvalue weighted by atomic mass is 10.0. The molecule has 0 N–H and O–H groups in total. The first-order valence-electron chi connectivity index (χ1n) is 8.61. The summed E-state index contributed by atoms with van der Waals surface area (Å²) in [5.74, 6) is 0.0508. The zero-order valence-electron chi connectivity index (χ0n) is 14.1. The molecule has 0 spiro atoms. The number of rotatable bonds is 3. The van der Waals surface area contributed by atoms with Gasteiger partial charge in [0.05, 0.1) is 6.07 Å². The Bertz CT molecular complexity index is 624. The first kappa shape index (κ1) is 16.0. The average molecular weight is 311 g/mol. The summed E-state index contributed by atoms with van der Waals surface area (Å²) >= 11 is 0. The highest BCUT2D eigenvalue weighted by Crippen LogP contribution is 2.38. The standard InChI is InChI=1S/C19H25N3O/c1-21(2)13-14-9-10-16-17(11-14)18(12-20)22(19(16)23)15-7-5-3-4-6-8-15/h9-11,15,18H,3-8,13H2,1-2H3. The number of benzene rings is 1. The number of hydrogen-bond acceptors (Lipinski definition) is 3. The van der Waals surface area contributed by atoms with Crippen molar-refractivity contribution in [2.75, 3.05) is 14.1 Å². The van der Waals surface area contributed by atoms with Gasteiger partial charge in [0, 0.05) is 23.7 Å². The van der Waals surface area contributed by atoms with Gasteiger partial charge in [0.1, 0.15) is 6.04 Å². The molecule has 1 aromatic rings. The van der Waals surface area contributed by atoms with E-state index >= 15 is 0 Å². The Balaban J connectivity index is 1.92. The summed E-state index contributed by atoms with van der Waals surface area (Å²) in [5.41, 5.74) is 2.79. The molecule has 1 heterocycles. The van der Waals surface area contributed by atoms with Crippen LogP contribution >= 0.6 is 0 Å². The second-order valence-electron chi connectivity index (χ2n) is 7.05. The van der Waals surface area contributed by atoms with Crippen molar-refractivity contribution in [3.8, 4) is 6.07 Å². The molecule has 1 saturated carbocycles. The van der Waals surface area contributed by atoms with Crippen LogP contribution in [0.15, 0.2) is 18.2 Å². The van der Waals surface area contributed by atoms with Crippen LogP contribution in [0.25, 0.3) is 0 Å². The van der Waals surface area contributed by atoms with Crippen LogP contribution in [0.2, 0.25) is 0 Å². The third kappa shape index (κ3) is 3.11. The Hall–Kier alpha value is -1.86. The van der Waals surface area contributed by atoms with Crippen molar-refractivity contribution in [1.29, 1.82) is 5.26 Å². The lowest BCUT2D eigenvalue weighted by Crippen LogP contribution is -2.37. The van der Waals surface area contributed by atoms with Crippen molar-refractivity contribution in [3.63, 3.8) is 0 Å². The highest BCUT2D eigenvalue weighted by atomic mass is 16.2. The molecule has 0 saturated heterocycles. The third-order valence-electron chi connectivity index (χ3n) is 4.99. The maximum Gasteiger partial charge on any atom is 0.255 e. The number of carbonyl (C=O) groups is 1. The fraction of sp³-hybridized carbons (Fsp3) is 0.579. The molecule has 1 atom stereocenters. The molecule has 1 aromatic carbocycles. The van der Waals surface area contributed by atoms with E-state index in [-0.39, 0.29) is 11.9 Å². The van der Waals surface area contributed by atoms with Gasteiger partial charge in [-0.15, -0.1) is 0 Å². The lowest BCUT2D eigenvalue weighted by Gasteiger charge is -2.29. The summed E-state index contributed by atoms with van der Waals surface area (Å²) in [4.78, 5) is 16.8. The summed E-state index contributed by atoms with van der Waals surface area (Å²) in [6.07, 6.45) is 6.87. The molecular formula is C19H25N3O. The Labute approximate surface area is 138 Å². The summed E-state index contributed by atoms with van der Waals surface area (Å²) in [7, 11) is 4.05. The van der Waals surface area contributed by atoms with Crippen LogP contribution in [0.3, 0.4) is 0 Å². The Morgan fingerprint density at radius 1 is 1.22 bits per heavy atom. The van der Waals surface area contributed by atoms with Gasteiger partial charge in [-0.1, -0.05) is 37.8 Å². The second kappa shape index (κ2) is 6.72. The minimum Gasteiger partial charge on any atom is -0.315 e. The summed E-state index contributed by atoms with van der Waals surface area (Å²) < 4.78 is 0. The van der Waals surface area contributed by atoms with E-state index in [0.717, 1.165) is 48.9 Å². The topological polar surface area (TPSA) is 47.3 Å². The van der Waals surface area contributed by atoms with E-state index in [9.17, 15) is 10.1 Å². The van der Waals surface area contributed by atoms with Gasteiger partial charge >= 0.3 is 0 Å². The zero-order chi connectivity index (χ0) is 16.4. The molecule has 0 radical (unpaired) electrons. The maximum atomic E-state index is 12.9. The van der Waals surface area contributed by atoms with Gasteiger partial charge in [0.15, 0.2) is 0 Å². The number of nitrogens with zero attached hydrogens (tertiary/aromatic N) is 3. The molecule has 4 heteroatoms. The van der Waals surface area contributed by atoms with Crippen LogP contribution in [0.4, 0.5) is 0 Å². The van der Waals surface area contributed by atoms with Crippen LogP contribution in [0.5, 0.6) is 0 Å². The van der Waals surface area contributed by atoms with E-state index < -0.39 is 6.04 Å². The smallest absolute Gasteiger partial charge is 0.255 e. The predicted octanol–water partition coefficient (Wildman–Crippen LogP) is 3.49. The van der Waals surface area contributed by atoms with Crippen LogP contribution in [0, 0.1) is 11.3 Å². The first-order chi connectivity index (χ1) is 11.1. The Morgan fingerprint density at radius 2 is 1.91 bits per heavy atom. The van der Waals surface area contributed by atoms with Crippen molar-refractivity contribution in [1.82, 2.24) is 9.80 Å². The van der Waals surface area contributed by atoms with E-state index in [1.54, 1.807) is 0 Å². The zero-order valence-corrected chi connectivity index (χ0v) is 14.1. The number of fused-ring (bicyclic) bond motifs is 1. The molecule has 1 aliphatic heterocycles. The molecule has 1 fully saturated rings. The molecule has 0 bridgehead atoms. The van der Waals surface area contributed by atoms with Crippen LogP contribution in [-0.4, -0.2) is 35.8 Å². The Morgan fingerprint density at radius 3 is 2.52 bits per heavy atom. The lowest BCUT2D eigenvalue weighted by molar-refractivity contribution is 0.0654. The minimum atomic E-state index is -0.414. The van der Waals surface area contributed by atoms with Crippen LogP contribution in [-0.2, 0) is 6.54 Å². The summed E-state index contributed by atoms with van der Waals surface area (Å²) in [5, 5.41) is 9.72. The van der Waals surface area contributed by atoms with E-state index in [1.165, 1.54) is 12.8 Å². The molecule has 1 aliphatic carbocycles. The van der Waals surface area contributed by atoms with Gasteiger partial charge < -0.3 is 9.80 Å². The van der Waals surface area contributed by atoms with Gasteiger partial charge in [-0.3, -0.25) is 4.79 Å². The molecule has 4 nitrogen and oxygen atoms in total. The first-order valence-corrected chi connectivity index (χ1v) is 8.61. The van der Waals surface area contributed by atoms with Gasteiger partial charge in [-0.05, 0) is 38.6 Å². The quantitative estimate of drug-likeness (QED) is 0.803. The highest BCUT2D eigenvalue weighted by Gasteiger charge is 2.40. The van der Waals surface area contributed by atoms with Crippen LogP contribution < -0.4 is 0 Å². The minimum absolute atomic E-state index is 0.0508. The third-order valence-corrected chi connectivity index (χ3v) is 4.99. The molecule has 3 rings (SSSR count). The molecule has 23 heavy (non-hydrogen) atoms. The second-order valence-corrected chi connectivity index (χ2v) is 7.05. The number of nitriles is 1. The molecule has 1 unspecified atom stereocenters. The van der Waals surface area contributed by atoms with Gasteiger partial charge in [0.25, 0.3) is 5.91 Å². The molecule has 122 valence electrons. The number of amides is 1. The van der Waals surface area contributed by atoms with Crippen molar-refractivity contribution in [2.24, 2.45) is 0 Å².